The smallest absolute Gasteiger partial charge is 0.259 e. The van der Waals surface area contributed by atoms with Crippen molar-refractivity contribution in [1.29, 1.82) is 0 Å². The lowest BCUT2D eigenvalue weighted by atomic mass is 10.3. The Morgan fingerprint density at radius 2 is 2.00 bits per heavy atom. The second-order valence-corrected chi connectivity index (χ2v) is 1.41. The lowest BCUT2D eigenvalue weighted by molar-refractivity contribution is 0.00712. The summed E-state index contributed by atoms with van der Waals surface area (Å²) in [6.45, 7) is 0.871. The van der Waals surface area contributed by atoms with Crippen molar-refractivity contribution in [2.45, 2.75) is 19.3 Å². The van der Waals surface area contributed by atoms with Gasteiger partial charge in [-0.3, -0.25) is 0 Å². The van der Waals surface area contributed by atoms with Crippen molar-refractivity contribution in [3.05, 3.63) is 0 Å². The van der Waals surface area contributed by atoms with E-state index in [1.807, 2.05) is 0 Å². The van der Waals surface area contributed by atoms with E-state index in [4.69, 9.17) is 0 Å². The molecule has 1 nitrogen and oxygen atoms in total. The lowest BCUT2D eigenvalue weighted by Gasteiger charge is -2.08. The van der Waals surface area contributed by atoms with E-state index in [1.54, 1.807) is 0 Å². The van der Waals surface area contributed by atoms with Crippen LogP contribution < -0.4 is 5.73 Å². The highest BCUT2D eigenvalue weighted by atomic mass is 19.3. The zero-order chi connectivity index (χ0) is 5.91. The van der Waals surface area contributed by atoms with Crippen LogP contribution in [0.3, 0.4) is 0 Å². The third-order valence-corrected chi connectivity index (χ3v) is 0.816. The molecule has 0 amide bonds. The predicted octanol–water partition coefficient (Wildman–Crippen LogP) is 0.990. The number of rotatable bonds is 2. The first-order chi connectivity index (χ1) is 3.12. The summed E-state index contributed by atoms with van der Waals surface area (Å²) in [6, 6.07) is 0. The SMILES string of the molecule is CCC(F)(F)CN. The summed E-state index contributed by atoms with van der Waals surface area (Å²) >= 11 is 0. The van der Waals surface area contributed by atoms with Gasteiger partial charge in [-0.1, -0.05) is 6.92 Å². The van der Waals surface area contributed by atoms with Gasteiger partial charge in [0.25, 0.3) is 5.92 Å². The Balaban J connectivity index is 3.36. The van der Waals surface area contributed by atoms with Crippen LogP contribution in [0, 0.1) is 0 Å². The molecular formula is C4H9F2N. The molecule has 44 valence electrons. The van der Waals surface area contributed by atoms with E-state index >= 15 is 0 Å². The van der Waals surface area contributed by atoms with E-state index in [0.717, 1.165) is 0 Å². The van der Waals surface area contributed by atoms with Gasteiger partial charge in [-0.2, -0.15) is 0 Å². The molecule has 0 aromatic heterocycles. The maximum Gasteiger partial charge on any atom is 0.259 e. The molecule has 0 saturated heterocycles. The van der Waals surface area contributed by atoms with E-state index < -0.39 is 12.5 Å². The number of halogens is 2. The van der Waals surface area contributed by atoms with Gasteiger partial charge in [0.1, 0.15) is 0 Å². The Hall–Kier alpha value is -0.180. The van der Waals surface area contributed by atoms with Crippen LogP contribution in [0.5, 0.6) is 0 Å². The number of hydrogen-bond donors (Lipinski definition) is 1. The highest BCUT2D eigenvalue weighted by molar-refractivity contribution is 4.61. The highest BCUT2D eigenvalue weighted by Crippen LogP contribution is 2.13. The normalized spacial score (nSPS) is 12.0. The van der Waals surface area contributed by atoms with Gasteiger partial charge < -0.3 is 5.73 Å². The van der Waals surface area contributed by atoms with Crippen LogP contribution in [0.1, 0.15) is 13.3 Å². The van der Waals surface area contributed by atoms with Crippen molar-refractivity contribution < 1.29 is 8.78 Å². The van der Waals surface area contributed by atoms with Crippen molar-refractivity contribution in [3.63, 3.8) is 0 Å². The number of hydrogen-bond acceptors (Lipinski definition) is 1. The van der Waals surface area contributed by atoms with E-state index in [2.05, 4.69) is 5.73 Å². The number of nitrogens with two attached hydrogens (primary N) is 1. The summed E-state index contributed by atoms with van der Waals surface area (Å²) in [5.41, 5.74) is 4.67. The van der Waals surface area contributed by atoms with Gasteiger partial charge in [-0.15, -0.1) is 0 Å². The molecule has 0 rings (SSSR count). The maximum atomic E-state index is 11.8. The van der Waals surface area contributed by atoms with E-state index in [-0.39, 0.29) is 6.42 Å². The molecule has 0 aromatic carbocycles. The Labute approximate surface area is 41.5 Å². The fraction of sp³-hybridized carbons (Fsp3) is 1.00. The van der Waals surface area contributed by atoms with Crippen LogP contribution in [0.25, 0.3) is 0 Å². The standard InChI is InChI=1S/C4H9F2N/c1-2-4(5,6)3-7/h2-3,7H2,1H3. The largest absolute Gasteiger partial charge is 0.325 e. The van der Waals surface area contributed by atoms with E-state index in [1.165, 1.54) is 6.92 Å². The Bertz CT molecular complexity index is 47.7. The van der Waals surface area contributed by atoms with Crippen LogP contribution >= 0.6 is 0 Å². The van der Waals surface area contributed by atoms with Crippen LogP contribution in [0.15, 0.2) is 0 Å². The Morgan fingerprint density at radius 1 is 1.57 bits per heavy atom. The fourth-order valence-electron chi connectivity index (χ4n) is 0.144. The average molecular weight is 109 g/mol. The Kier molecular flexibility index (Phi) is 2.15. The second-order valence-electron chi connectivity index (χ2n) is 1.41. The van der Waals surface area contributed by atoms with Gasteiger partial charge in [-0.05, 0) is 0 Å². The second kappa shape index (κ2) is 2.21. The third kappa shape index (κ3) is 2.51. The topological polar surface area (TPSA) is 26.0 Å². The van der Waals surface area contributed by atoms with Gasteiger partial charge in [0, 0.05) is 6.42 Å². The van der Waals surface area contributed by atoms with Gasteiger partial charge in [0.2, 0.25) is 0 Å². The molecule has 0 fully saturated rings. The zero-order valence-electron chi connectivity index (χ0n) is 4.25. The highest BCUT2D eigenvalue weighted by Gasteiger charge is 2.22. The average Bonchev–Trinajstić information content (AvgIpc) is 1.68. The number of alkyl halides is 2. The molecule has 0 spiro atoms. The molecule has 0 aliphatic carbocycles. The van der Waals surface area contributed by atoms with Crippen molar-refractivity contribution in [3.8, 4) is 0 Å². The predicted molar refractivity (Wildman–Crippen MR) is 24.3 cm³/mol. The molecule has 0 aliphatic rings. The summed E-state index contributed by atoms with van der Waals surface area (Å²) in [7, 11) is 0. The van der Waals surface area contributed by atoms with Crippen molar-refractivity contribution in [1.82, 2.24) is 0 Å². The molecule has 0 heterocycles. The van der Waals surface area contributed by atoms with Crippen molar-refractivity contribution in [2.24, 2.45) is 5.73 Å². The monoisotopic (exact) mass is 109 g/mol. The van der Waals surface area contributed by atoms with Gasteiger partial charge >= 0.3 is 0 Å². The van der Waals surface area contributed by atoms with E-state index in [9.17, 15) is 8.78 Å². The van der Waals surface area contributed by atoms with Gasteiger partial charge in [0.15, 0.2) is 0 Å². The van der Waals surface area contributed by atoms with Crippen molar-refractivity contribution in [2.75, 3.05) is 6.54 Å². The van der Waals surface area contributed by atoms with Crippen LogP contribution in [0.2, 0.25) is 0 Å². The van der Waals surface area contributed by atoms with Gasteiger partial charge in [0.05, 0.1) is 6.54 Å². The molecule has 2 N–H and O–H groups in total. The molecule has 0 aliphatic heterocycles. The molecule has 0 unspecified atom stereocenters. The summed E-state index contributed by atoms with van der Waals surface area (Å²) in [4.78, 5) is 0. The summed E-state index contributed by atoms with van der Waals surface area (Å²) < 4.78 is 23.5. The van der Waals surface area contributed by atoms with Crippen LogP contribution in [0.4, 0.5) is 8.78 Å². The minimum Gasteiger partial charge on any atom is -0.325 e. The summed E-state index contributed by atoms with van der Waals surface area (Å²) in [5, 5.41) is 0. The first-order valence-corrected chi connectivity index (χ1v) is 2.20. The molecule has 0 atom stereocenters. The molecule has 0 radical (unpaired) electrons. The quantitative estimate of drug-likeness (QED) is 0.562. The third-order valence-electron chi connectivity index (χ3n) is 0.816. The molecule has 0 bridgehead atoms. The van der Waals surface area contributed by atoms with Crippen LogP contribution in [-0.2, 0) is 0 Å². The first-order valence-electron chi connectivity index (χ1n) is 2.20. The summed E-state index contributed by atoms with van der Waals surface area (Å²) in [5.74, 6) is -2.64. The molecule has 3 heteroatoms. The first kappa shape index (κ1) is 6.82. The molecular weight excluding hydrogens is 100 g/mol. The molecule has 0 aromatic rings. The maximum absolute atomic E-state index is 11.8. The molecule has 7 heavy (non-hydrogen) atoms. The zero-order valence-corrected chi connectivity index (χ0v) is 4.25. The van der Waals surface area contributed by atoms with E-state index in [0.29, 0.717) is 0 Å². The minimum absolute atomic E-state index is 0.163. The minimum atomic E-state index is -2.64. The van der Waals surface area contributed by atoms with Crippen molar-refractivity contribution >= 4 is 0 Å². The van der Waals surface area contributed by atoms with Crippen LogP contribution in [-0.4, -0.2) is 12.5 Å². The molecule has 0 saturated carbocycles. The Morgan fingerprint density at radius 3 is 2.00 bits per heavy atom. The fourth-order valence-corrected chi connectivity index (χ4v) is 0.144. The lowest BCUT2D eigenvalue weighted by Crippen LogP contribution is -2.26. The summed E-state index contributed by atoms with van der Waals surface area (Å²) in [6.07, 6.45) is -0.163. The van der Waals surface area contributed by atoms with Gasteiger partial charge in [-0.25, -0.2) is 8.78 Å².